The third-order valence-electron chi connectivity index (χ3n) is 5.28. The summed E-state index contributed by atoms with van der Waals surface area (Å²) in [5.74, 6) is 0.782. The molecule has 1 N–H and O–H groups in total. The van der Waals surface area contributed by atoms with Crippen LogP contribution in [0.1, 0.15) is 37.7 Å². The van der Waals surface area contributed by atoms with Crippen molar-refractivity contribution in [1.29, 1.82) is 0 Å². The fourth-order valence-electron chi connectivity index (χ4n) is 4.28. The van der Waals surface area contributed by atoms with Crippen LogP contribution in [0, 0.1) is 0 Å². The van der Waals surface area contributed by atoms with Gasteiger partial charge in [-0.1, -0.05) is 15.9 Å². The van der Waals surface area contributed by atoms with Crippen molar-refractivity contribution >= 4 is 31.9 Å². The molecule has 2 heterocycles. The van der Waals surface area contributed by atoms with Crippen molar-refractivity contribution in [3.8, 4) is 5.75 Å². The summed E-state index contributed by atoms with van der Waals surface area (Å²) in [7, 11) is -1.55. The Labute approximate surface area is 163 Å². The first kappa shape index (κ1) is 19.6. The van der Waals surface area contributed by atoms with E-state index in [2.05, 4.69) is 21.2 Å². The number of hydrogen-bond donors (Lipinski definition) is 1. The largest absolute Gasteiger partial charge is 0.496 e. The summed E-state index contributed by atoms with van der Waals surface area (Å²) in [4.78, 5) is 12.4. The number of methoxy groups -OCH3 is 1. The fraction of sp³-hybridized carbons (Fsp3) is 0.611. The number of sulfonamides is 1. The predicted molar refractivity (Wildman–Crippen MR) is 104 cm³/mol. The van der Waals surface area contributed by atoms with Crippen molar-refractivity contribution in [3.05, 3.63) is 28.2 Å². The molecule has 2 fully saturated rings. The zero-order chi connectivity index (χ0) is 18.9. The molecule has 26 heavy (non-hydrogen) atoms. The van der Waals surface area contributed by atoms with E-state index in [1.54, 1.807) is 11.4 Å². The molecule has 6 nitrogen and oxygen atoms in total. The number of aryl methyl sites for hydroxylation is 1. The van der Waals surface area contributed by atoms with Crippen LogP contribution in [-0.2, 0) is 21.2 Å². The molecule has 2 unspecified atom stereocenters. The lowest BCUT2D eigenvalue weighted by molar-refractivity contribution is -0.122. The Morgan fingerprint density at radius 2 is 1.96 bits per heavy atom. The van der Waals surface area contributed by atoms with Gasteiger partial charge in [-0.05, 0) is 55.9 Å². The van der Waals surface area contributed by atoms with Crippen LogP contribution in [0.15, 0.2) is 22.7 Å². The number of rotatable bonds is 6. The molecular weight excluding hydrogens is 420 g/mol. The molecule has 144 valence electrons. The highest BCUT2D eigenvalue weighted by atomic mass is 79.9. The minimum absolute atomic E-state index is 0.00392. The molecule has 0 aromatic heterocycles. The highest BCUT2D eigenvalue weighted by Crippen LogP contribution is 2.37. The Kier molecular flexibility index (Phi) is 5.94. The average molecular weight is 445 g/mol. The van der Waals surface area contributed by atoms with Gasteiger partial charge in [0.05, 0.1) is 13.4 Å². The molecule has 0 saturated carbocycles. The molecule has 0 radical (unpaired) electrons. The van der Waals surface area contributed by atoms with Crippen LogP contribution in [-0.4, -0.2) is 50.1 Å². The highest BCUT2D eigenvalue weighted by molar-refractivity contribution is 9.10. The van der Waals surface area contributed by atoms with Gasteiger partial charge in [0, 0.05) is 29.0 Å². The van der Waals surface area contributed by atoms with E-state index in [0.29, 0.717) is 25.7 Å². The number of benzene rings is 1. The van der Waals surface area contributed by atoms with Gasteiger partial charge in [-0.25, -0.2) is 8.42 Å². The molecule has 1 aromatic rings. The van der Waals surface area contributed by atoms with Crippen LogP contribution in [0.3, 0.4) is 0 Å². The topological polar surface area (TPSA) is 75.7 Å². The zero-order valence-electron chi connectivity index (χ0n) is 15.1. The number of fused-ring (bicyclic) bond motifs is 2. The second kappa shape index (κ2) is 7.86. The summed E-state index contributed by atoms with van der Waals surface area (Å²) in [5, 5.41) is 3.10. The van der Waals surface area contributed by atoms with E-state index in [1.165, 1.54) is 6.26 Å². The first-order chi connectivity index (χ1) is 12.3. The molecule has 2 aliphatic heterocycles. The second-order valence-corrected chi connectivity index (χ2v) is 9.97. The third-order valence-corrected chi connectivity index (χ3v) is 7.13. The molecule has 2 atom stereocenters. The number of ether oxygens (including phenoxy) is 1. The van der Waals surface area contributed by atoms with Gasteiger partial charge in [0.15, 0.2) is 0 Å². The normalized spacial score (nSPS) is 25.9. The van der Waals surface area contributed by atoms with Gasteiger partial charge in [0.2, 0.25) is 15.9 Å². The Morgan fingerprint density at radius 3 is 2.54 bits per heavy atom. The van der Waals surface area contributed by atoms with Gasteiger partial charge in [0.25, 0.3) is 0 Å². The van der Waals surface area contributed by atoms with Gasteiger partial charge in [-0.2, -0.15) is 4.31 Å². The van der Waals surface area contributed by atoms with E-state index in [-0.39, 0.29) is 24.0 Å². The number of nitrogens with zero attached hydrogens (tertiary/aromatic N) is 1. The molecule has 0 aliphatic carbocycles. The SMILES string of the molecule is COc1ccc(Br)cc1CCC(=O)NC1CC2CCC(C1)N2S(C)(=O)=O. The lowest BCUT2D eigenvalue weighted by atomic mass is 9.99. The lowest BCUT2D eigenvalue weighted by Crippen LogP contribution is -2.52. The minimum atomic E-state index is -3.17. The number of carbonyl (C=O) groups is 1. The molecule has 2 bridgehead atoms. The van der Waals surface area contributed by atoms with Crippen molar-refractivity contribution in [2.24, 2.45) is 0 Å². The molecule has 2 saturated heterocycles. The lowest BCUT2D eigenvalue weighted by Gasteiger charge is -2.37. The van der Waals surface area contributed by atoms with E-state index < -0.39 is 10.0 Å². The number of hydrogen-bond acceptors (Lipinski definition) is 4. The van der Waals surface area contributed by atoms with Crippen LogP contribution >= 0.6 is 15.9 Å². The maximum atomic E-state index is 12.4. The standard InChI is InChI=1S/C18H25BrN2O4S/c1-25-17-7-4-13(19)9-12(17)3-8-18(22)20-14-10-15-5-6-16(11-14)21(15)26(2,23)24/h4,7,9,14-16H,3,5-6,8,10-11H2,1-2H3,(H,20,22). The first-order valence-electron chi connectivity index (χ1n) is 8.88. The van der Waals surface area contributed by atoms with Crippen molar-refractivity contribution in [2.75, 3.05) is 13.4 Å². The fourth-order valence-corrected chi connectivity index (χ4v) is 6.16. The zero-order valence-corrected chi connectivity index (χ0v) is 17.5. The molecule has 1 aromatic carbocycles. The number of piperidine rings is 1. The van der Waals surface area contributed by atoms with Crippen LogP contribution in [0.5, 0.6) is 5.75 Å². The smallest absolute Gasteiger partial charge is 0.220 e. The van der Waals surface area contributed by atoms with Gasteiger partial charge in [-0.15, -0.1) is 0 Å². The van der Waals surface area contributed by atoms with E-state index >= 15 is 0 Å². The maximum absolute atomic E-state index is 12.4. The summed E-state index contributed by atoms with van der Waals surface area (Å²) in [5.41, 5.74) is 0.990. The molecule has 1 amide bonds. The monoisotopic (exact) mass is 444 g/mol. The summed E-state index contributed by atoms with van der Waals surface area (Å²) >= 11 is 3.44. The van der Waals surface area contributed by atoms with Gasteiger partial charge < -0.3 is 10.1 Å². The number of nitrogens with one attached hydrogen (secondary N) is 1. The highest BCUT2D eigenvalue weighted by Gasteiger charge is 2.45. The summed E-state index contributed by atoms with van der Waals surface area (Å²) in [6, 6.07) is 5.88. The van der Waals surface area contributed by atoms with Crippen LogP contribution in [0.25, 0.3) is 0 Å². The summed E-state index contributed by atoms with van der Waals surface area (Å²) in [6.45, 7) is 0. The van der Waals surface area contributed by atoms with E-state index in [0.717, 1.165) is 28.6 Å². The third kappa shape index (κ3) is 4.40. The van der Waals surface area contributed by atoms with Crippen LogP contribution in [0.2, 0.25) is 0 Å². The molecular formula is C18H25BrN2O4S. The van der Waals surface area contributed by atoms with E-state index in [9.17, 15) is 13.2 Å². The Balaban J connectivity index is 1.55. The summed E-state index contributed by atoms with van der Waals surface area (Å²) in [6.07, 6.45) is 5.45. The van der Waals surface area contributed by atoms with Gasteiger partial charge in [0.1, 0.15) is 5.75 Å². The predicted octanol–water partition coefficient (Wildman–Crippen LogP) is 2.46. The molecule has 8 heteroatoms. The van der Waals surface area contributed by atoms with Gasteiger partial charge >= 0.3 is 0 Å². The quantitative estimate of drug-likeness (QED) is 0.730. The minimum Gasteiger partial charge on any atom is -0.496 e. The molecule has 0 spiro atoms. The number of halogens is 1. The van der Waals surface area contributed by atoms with Crippen LogP contribution < -0.4 is 10.1 Å². The van der Waals surface area contributed by atoms with E-state index in [4.69, 9.17) is 4.74 Å². The van der Waals surface area contributed by atoms with Gasteiger partial charge in [-0.3, -0.25) is 4.79 Å². The Hall–Kier alpha value is -1.12. The number of amides is 1. The van der Waals surface area contributed by atoms with E-state index in [1.807, 2.05) is 18.2 Å². The van der Waals surface area contributed by atoms with Crippen LogP contribution in [0.4, 0.5) is 0 Å². The summed E-state index contributed by atoms with van der Waals surface area (Å²) < 4.78 is 31.9. The van der Waals surface area contributed by atoms with Crippen molar-refractivity contribution in [2.45, 2.75) is 56.7 Å². The maximum Gasteiger partial charge on any atom is 0.220 e. The van der Waals surface area contributed by atoms with Crippen molar-refractivity contribution < 1.29 is 17.9 Å². The Bertz CT molecular complexity index is 769. The molecule has 3 rings (SSSR count). The second-order valence-electron chi connectivity index (χ2n) is 7.17. The average Bonchev–Trinajstić information content (AvgIpc) is 2.85. The Morgan fingerprint density at radius 1 is 1.31 bits per heavy atom. The molecule has 2 aliphatic rings. The van der Waals surface area contributed by atoms with Crippen molar-refractivity contribution in [3.63, 3.8) is 0 Å². The van der Waals surface area contributed by atoms with Crippen molar-refractivity contribution in [1.82, 2.24) is 9.62 Å². The number of carbonyl (C=O) groups excluding carboxylic acids is 1. The first-order valence-corrected chi connectivity index (χ1v) is 11.5.